The molecule has 0 saturated carbocycles. The Balaban J connectivity index is 2.19. The average molecular weight is 88.1 g/mol. The molecular formula is C4H9P. The van der Waals surface area contributed by atoms with E-state index >= 15 is 0 Å². The fourth-order valence-corrected chi connectivity index (χ4v) is 0.474. The van der Waals surface area contributed by atoms with Crippen molar-refractivity contribution in [2.24, 2.45) is 0 Å². The van der Waals surface area contributed by atoms with E-state index in [1.165, 1.54) is 12.8 Å². The van der Waals surface area contributed by atoms with Crippen LogP contribution in [0.25, 0.3) is 0 Å². The monoisotopic (exact) mass is 88.0 g/mol. The molecule has 0 aromatic heterocycles. The van der Waals surface area contributed by atoms with Crippen LogP contribution in [0.15, 0.2) is 0 Å². The molecule has 0 aromatic rings. The van der Waals surface area contributed by atoms with Gasteiger partial charge in [0.15, 0.2) is 0 Å². The maximum atomic E-state index is 4.00. The smallest absolute Gasteiger partial charge is 0.0242 e. The van der Waals surface area contributed by atoms with Crippen LogP contribution in [-0.2, 0) is 0 Å². The fraction of sp³-hybridized carbons (Fsp3) is 1.00. The second-order valence-electron chi connectivity index (χ2n) is 1.08. The van der Waals surface area contributed by atoms with Gasteiger partial charge in [-0.1, -0.05) is 13.3 Å². The third kappa shape index (κ3) is 4.43. The minimum absolute atomic E-state index is 1.04. The first-order valence-electron chi connectivity index (χ1n) is 2.02. The largest absolute Gasteiger partial charge is 0.0654 e. The van der Waals surface area contributed by atoms with E-state index in [1.54, 1.807) is 0 Å². The predicted molar refractivity (Wildman–Crippen MR) is 26.7 cm³/mol. The Morgan fingerprint density at radius 1 is 1.60 bits per heavy atom. The van der Waals surface area contributed by atoms with Crippen molar-refractivity contribution in [2.45, 2.75) is 19.8 Å². The van der Waals surface area contributed by atoms with Gasteiger partial charge in [-0.25, -0.2) is 0 Å². The van der Waals surface area contributed by atoms with Crippen molar-refractivity contribution in [2.75, 3.05) is 6.16 Å². The molecule has 0 amide bonds. The molecule has 1 heteroatoms. The van der Waals surface area contributed by atoms with Crippen molar-refractivity contribution in [3.05, 3.63) is 0 Å². The molecule has 0 aliphatic carbocycles. The van der Waals surface area contributed by atoms with Crippen molar-refractivity contribution in [1.29, 1.82) is 0 Å². The topological polar surface area (TPSA) is 0 Å². The van der Waals surface area contributed by atoms with Crippen molar-refractivity contribution in [1.82, 2.24) is 0 Å². The minimum atomic E-state index is 1.04. The van der Waals surface area contributed by atoms with Crippen LogP contribution >= 0.6 is 9.24 Å². The SMILES string of the molecule is CCCC[P]. The highest BCUT2D eigenvalue weighted by Crippen LogP contribution is 1.89. The Hall–Kier alpha value is 0.430. The maximum absolute atomic E-state index is 4.00. The Morgan fingerprint density at radius 3 is 2.20 bits per heavy atom. The van der Waals surface area contributed by atoms with Crippen molar-refractivity contribution >= 4 is 9.24 Å². The van der Waals surface area contributed by atoms with Gasteiger partial charge in [0.1, 0.15) is 0 Å². The zero-order valence-corrected chi connectivity index (χ0v) is 4.46. The Bertz CT molecular complexity index is 11.1. The molecule has 0 aliphatic rings. The molecule has 0 nitrogen and oxygen atoms in total. The van der Waals surface area contributed by atoms with Crippen LogP contribution in [0.3, 0.4) is 0 Å². The first-order chi connectivity index (χ1) is 2.41. The van der Waals surface area contributed by atoms with E-state index in [9.17, 15) is 0 Å². The van der Waals surface area contributed by atoms with Crippen LogP contribution in [0.4, 0.5) is 0 Å². The molecule has 0 bridgehead atoms. The Kier molecular flexibility index (Phi) is 4.81. The lowest BCUT2D eigenvalue weighted by molar-refractivity contribution is 0.897. The van der Waals surface area contributed by atoms with Crippen LogP contribution in [-0.4, -0.2) is 6.16 Å². The second-order valence-corrected chi connectivity index (χ2v) is 1.52. The van der Waals surface area contributed by atoms with E-state index < -0.39 is 0 Å². The summed E-state index contributed by atoms with van der Waals surface area (Å²) in [4.78, 5) is 0. The minimum Gasteiger partial charge on any atom is -0.0654 e. The summed E-state index contributed by atoms with van der Waals surface area (Å²) >= 11 is 0. The molecule has 0 heterocycles. The normalized spacial score (nSPS) is 8.40. The molecule has 5 heavy (non-hydrogen) atoms. The second kappa shape index (κ2) is 4.43. The summed E-state index contributed by atoms with van der Waals surface area (Å²) in [7, 11) is 4.00. The van der Waals surface area contributed by atoms with Gasteiger partial charge in [0.05, 0.1) is 0 Å². The van der Waals surface area contributed by atoms with E-state index in [-0.39, 0.29) is 0 Å². The Morgan fingerprint density at radius 2 is 2.20 bits per heavy atom. The molecule has 30 valence electrons. The van der Waals surface area contributed by atoms with Gasteiger partial charge in [-0.05, 0) is 21.8 Å². The lowest BCUT2D eigenvalue weighted by Gasteiger charge is -1.78. The van der Waals surface area contributed by atoms with E-state index in [0.717, 1.165) is 6.16 Å². The van der Waals surface area contributed by atoms with Crippen LogP contribution < -0.4 is 0 Å². The van der Waals surface area contributed by atoms with Crippen LogP contribution in [0.1, 0.15) is 19.8 Å². The zero-order valence-electron chi connectivity index (χ0n) is 3.57. The first-order valence-corrected chi connectivity index (χ1v) is 2.66. The maximum Gasteiger partial charge on any atom is -0.0242 e. The molecule has 0 spiro atoms. The van der Waals surface area contributed by atoms with Gasteiger partial charge in [-0.2, -0.15) is 0 Å². The van der Waals surface area contributed by atoms with Crippen molar-refractivity contribution < 1.29 is 0 Å². The highest BCUT2D eigenvalue weighted by atomic mass is 31.0. The molecular weight excluding hydrogens is 79.0 g/mol. The van der Waals surface area contributed by atoms with E-state index in [4.69, 9.17) is 0 Å². The van der Waals surface area contributed by atoms with Crippen LogP contribution in [0, 0.1) is 0 Å². The number of rotatable bonds is 2. The molecule has 0 aliphatic heterocycles. The van der Waals surface area contributed by atoms with Crippen LogP contribution in [0.2, 0.25) is 0 Å². The van der Waals surface area contributed by atoms with Crippen molar-refractivity contribution in [3.8, 4) is 0 Å². The highest BCUT2D eigenvalue weighted by molar-refractivity contribution is 7.16. The highest BCUT2D eigenvalue weighted by Gasteiger charge is 1.69. The molecule has 0 aromatic carbocycles. The first kappa shape index (κ1) is 5.43. The van der Waals surface area contributed by atoms with Gasteiger partial charge in [-0.3, -0.25) is 0 Å². The summed E-state index contributed by atoms with van der Waals surface area (Å²) in [5, 5.41) is 0. The summed E-state index contributed by atoms with van der Waals surface area (Å²) in [6.45, 7) is 2.16. The standard InChI is InChI=1S/C4H9P/c1-2-3-4-5/h2-4H2,1H3. The summed E-state index contributed by atoms with van der Waals surface area (Å²) in [6, 6.07) is 0. The molecule has 0 N–H and O–H groups in total. The number of hydrogen-bond acceptors (Lipinski definition) is 0. The molecule has 0 atom stereocenters. The third-order valence-electron chi connectivity index (χ3n) is 0.512. The zero-order chi connectivity index (χ0) is 4.12. The molecule has 0 fully saturated rings. The lowest BCUT2D eigenvalue weighted by atomic mass is 10.4. The van der Waals surface area contributed by atoms with E-state index in [1.807, 2.05) is 0 Å². The van der Waals surface area contributed by atoms with Crippen molar-refractivity contribution in [3.63, 3.8) is 0 Å². The predicted octanol–water partition coefficient (Wildman–Crippen LogP) is 2.20. The molecule has 0 rings (SSSR count). The number of hydrogen-bond donors (Lipinski definition) is 0. The average Bonchev–Trinajstić information content (AvgIpc) is 1.41. The number of unbranched alkanes of at least 4 members (excludes halogenated alkanes) is 1. The quantitative estimate of drug-likeness (QED) is 0.454. The molecule has 0 saturated heterocycles. The third-order valence-corrected chi connectivity index (χ3v) is 0.828. The van der Waals surface area contributed by atoms with Gasteiger partial charge < -0.3 is 0 Å². The van der Waals surface area contributed by atoms with Gasteiger partial charge in [-0.15, -0.1) is 0 Å². The summed E-state index contributed by atoms with van der Waals surface area (Å²) in [6.07, 6.45) is 3.56. The summed E-state index contributed by atoms with van der Waals surface area (Å²) in [5.41, 5.74) is 0. The Labute approximate surface area is 36.2 Å². The molecule has 0 unspecified atom stereocenters. The van der Waals surface area contributed by atoms with Gasteiger partial charge in [0.25, 0.3) is 0 Å². The summed E-state index contributed by atoms with van der Waals surface area (Å²) < 4.78 is 0. The van der Waals surface area contributed by atoms with Gasteiger partial charge >= 0.3 is 0 Å². The molecule has 2 radical (unpaired) electrons. The van der Waals surface area contributed by atoms with E-state index in [0.29, 0.717) is 0 Å². The summed E-state index contributed by atoms with van der Waals surface area (Å²) in [5.74, 6) is 0. The lowest BCUT2D eigenvalue weighted by Crippen LogP contribution is -1.64. The van der Waals surface area contributed by atoms with E-state index in [2.05, 4.69) is 16.2 Å². The van der Waals surface area contributed by atoms with Crippen LogP contribution in [0.5, 0.6) is 0 Å². The van der Waals surface area contributed by atoms with Gasteiger partial charge in [0.2, 0.25) is 0 Å². The van der Waals surface area contributed by atoms with Gasteiger partial charge in [0, 0.05) is 0 Å². The fourth-order valence-electron chi connectivity index (χ4n) is 0.158.